The Morgan fingerprint density at radius 2 is 1.15 bits per heavy atom. The highest BCUT2D eigenvalue weighted by molar-refractivity contribution is 7.99. The molecule has 26 heteroatoms. The number of nitrogen functional groups attached to an aromatic ring is 1. The first kappa shape index (κ1) is 53.4. The molecule has 3 aromatic carbocycles. The van der Waals surface area contributed by atoms with E-state index < -0.39 is 52.6 Å². The molecule has 0 unspecified atom stereocenters. The quantitative estimate of drug-likeness (QED) is 0.0146. The van der Waals surface area contributed by atoms with Gasteiger partial charge in [-0.25, -0.2) is 29.1 Å². The van der Waals surface area contributed by atoms with Crippen LogP contribution in [-0.4, -0.2) is 86.1 Å². The summed E-state index contributed by atoms with van der Waals surface area (Å²) >= 11 is 2.47. The Bertz CT molecular complexity index is 2380. The molecule has 0 saturated carbocycles. The number of nitro groups is 1. The molecule has 1 amide bonds. The highest BCUT2D eigenvalue weighted by Crippen LogP contribution is 2.32. The van der Waals surface area contributed by atoms with Crippen molar-refractivity contribution in [1.29, 1.82) is 0 Å². The molecule has 2 aromatic heterocycles. The number of alkyl halides is 6. The van der Waals surface area contributed by atoms with Crippen LogP contribution < -0.4 is 15.8 Å². The molecule has 3 N–H and O–H groups in total. The molecule has 356 valence electrons. The van der Waals surface area contributed by atoms with Crippen molar-refractivity contribution >= 4 is 65.0 Å². The number of thioether (sulfide) groups is 2. The minimum Gasteiger partial charge on any atom is -0.460 e. The number of anilines is 2. The maximum absolute atomic E-state index is 12.5. The number of aromatic nitrogens is 4. The summed E-state index contributed by atoms with van der Waals surface area (Å²) in [6.07, 6.45) is -7.50. The second-order valence-electron chi connectivity index (χ2n) is 12.6. The van der Waals surface area contributed by atoms with Crippen LogP contribution in [0.3, 0.4) is 0 Å². The van der Waals surface area contributed by atoms with E-state index in [1.165, 1.54) is 87.4 Å². The Labute approximate surface area is 380 Å². The van der Waals surface area contributed by atoms with Gasteiger partial charge in [0.15, 0.2) is 5.82 Å². The maximum atomic E-state index is 12.5. The van der Waals surface area contributed by atoms with Crippen LogP contribution in [-0.2, 0) is 45.4 Å². The number of ether oxygens (including phenoxy) is 5. The Balaban J connectivity index is 0.000000282. The van der Waals surface area contributed by atoms with Crippen molar-refractivity contribution in [3.8, 4) is 5.75 Å². The highest BCUT2D eigenvalue weighted by Gasteiger charge is 2.31. The van der Waals surface area contributed by atoms with Gasteiger partial charge in [0.1, 0.15) is 24.8 Å². The predicted molar refractivity (Wildman–Crippen MR) is 227 cm³/mol. The third-order valence-corrected chi connectivity index (χ3v) is 9.64. The van der Waals surface area contributed by atoms with E-state index in [-0.39, 0.29) is 48.7 Å². The van der Waals surface area contributed by atoms with Crippen LogP contribution in [0.5, 0.6) is 5.75 Å². The van der Waals surface area contributed by atoms with Gasteiger partial charge in [-0.2, -0.15) is 26.3 Å². The van der Waals surface area contributed by atoms with Gasteiger partial charge in [0.25, 0.3) is 5.69 Å². The smallest absolute Gasteiger partial charge is 0.460 e. The zero-order chi connectivity index (χ0) is 49.0. The average Bonchev–Trinajstić information content (AvgIpc) is 3.80. The Kier molecular flexibility index (Phi) is 20.6. The number of nitrogens with two attached hydrogens (primary N) is 1. The lowest BCUT2D eigenvalue weighted by Crippen LogP contribution is -2.15. The summed E-state index contributed by atoms with van der Waals surface area (Å²) in [5.41, 5.74) is 3.78. The maximum Gasteiger partial charge on any atom is 0.513 e. The van der Waals surface area contributed by atoms with Gasteiger partial charge in [0.05, 0.1) is 29.3 Å². The minimum absolute atomic E-state index is 0.0164. The van der Waals surface area contributed by atoms with E-state index in [1.807, 2.05) is 0 Å². The number of benzene rings is 3. The molecule has 0 spiro atoms. The number of amides is 1. The number of hydrogen-bond acceptors (Lipinski definition) is 16. The van der Waals surface area contributed by atoms with Gasteiger partial charge >= 0.3 is 36.5 Å². The van der Waals surface area contributed by atoms with Gasteiger partial charge in [0, 0.05) is 59.9 Å². The number of halogens is 6. The van der Waals surface area contributed by atoms with Crippen molar-refractivity contribution < 1.29 is 74.1 Å². The molecular weight excluding hydrogens is 933 g/mol. The molecule has 0 radical (unpaired) electrons. The molecule has 0 atom stereocenters. The van der Waals surface area contributed by atoms with Gasteiger partial charge in [0.2, 0.25) is 11.6 Å². The number of rotatable bonds is 15. The van der Waals surface area contributed by atoms with E-state index in [2.05, 4.69) is 15.3 Å². The van der Waals surface area contributed by atoms with Gasteiger partial charge in [-0.3, -0.25) is 15.4 Å². The molecular formula is C40H41F6N7O11S2. The van der Waals surface area contributed by atoms with Crippen LogP contribution in [0.25, 0.3) is 0 Å². The molecule has 0 saturated heterocycles. The SMILES string of the molecule is CCOC(=O)c1nc(N)cn1C.CCOC(=O)c1nc(NC(=O)OCCSc2ccc(C(F)(F)F)cc2)cn1C.O=C(OCCSc1ccc(C(F)(F)F)cc1)Oc1ccc([N+](=O)[O-])cc1. The molecule has 0 aliphatic heterocycles. The second-order valence-corrected chi connectivity index (χ2v) is 14.9. The summed E-state index contributed by atoms with van der Waals surface area (Å²) in [5, 5.41) is 12.9. The molecule has 0 aliphatic rings. The fourth-order valence-electron chi connectivity index (χ4n) is 4.75. The number of aryl methyl sites for hydroxylation is 2. The Hall–Kier alpha value is -6.96. The number of nitrogens with zero attached hydrogens (tertiary/aromatic N) is 5. The Morgan fingerprint density at radius 3 is 1.58 bits per heavy atom. The summed E-state index contributed by atoms with van der Waals surface area (Å²) in [5.74, 6) is 0.429. The molecule has 5 rings (SSSR count). The van der Waals surface area contributed by atoms with Gasteiger partial charge in [-0.05, 0) is 74.5 Å². The second kappa shape index (κ2) is 25.5. The zero-order valence-electron chi connectivity index (χ0n) is 35.2. The predicted octanol–water partition coefficient (Wildman–Crippen LogP) is 9.06. The number of nitro benzene ring substituents is 1. The number of imidazole rings is 2. The van der Waals surface area contributed by atoms with Crippen molar-refractivity contribution in [2.24, 2.45) is 14.1 Å². The minimum atomic E-state index is -4.38. The van der Waals surface area contributed by atoms with Crippen molar-refractivity contribution in [3.05, 3.63) is 118 Å². The van der Waals surface area contributed by atoms with E-state index in [4.69, 9.17) is 29.4 Å². The fourth-order valence-corrected chi connectivity index (χ4v) is 6.21. The number of carbonyl (C=O) groups excluding carboxylic acids is 4. The molecule has 5 aromatic rings. The molecule has 18 nitrogen and oxygen atoms in total. The topological polar surface area (TPSA) is 231 Å². The summed E-state index contributed by atoms with van der Waals surface area (Å²) in [4.78, 5) is 64.9. The molecule has 0 aliphatic carbocycles. The molecule has 0 fully saturated rings. The fraction of sp³-hybridized carbons (Fsp3) is 0.300. The largest absolute Gasteiger partial charge is 0.513 e. The van der Waals surface area contributed by atoms with E-state index >= 15 is 0 Å². The number of hydrogen-bond donors (Lipinski definition) is 2. The highest BCUT2D eigenvalue weighted by atomic mass is 32.2. The van der Waals surface area contributed by atoms with Crippen molar-refractivity contribution in [2.45, 2.75) is 36.0 Å². The first-order chi connectivity index (χ1) is 31.1. The lowest BCUT2D eigenvalue weighted by molar-refractivity contribution is -0.384. The van der Waals surface area contributed by atoms with Crippen LogP contribution in [0.4, 0.5) is 53.3 Å². The van der Waals surface area contributed by atoms with Crippen LogP contribution in [0.1, 0.15) is 46.2 Å². The van der Waals surface area contributed by atoms with Crippen molar-refractivity contribution in [1.82, 2.24) is 19.1 Å². The Morgan fingerprint density at radius 1 is 0.697 bits per heavy atom. The summed E-state index contributed by atoms with van der Waals surface area (Å²) in [6, 6.07) is 14.2. The van der Waals surface area contributed by atoms with Crippen LogP contribution >= 0.6 is 23.5 Å². The first-order valence-electron chi connectivity index (χ1n) is 18.9. The molecule has 2 heterocycles. The summed E-state index contributed by atoms with van der Waals surface area (Å²) in [7, 11) is 3.27. The zero-order valence-corrected chi connectivity index (χ0v) is 36.8. The van der Waals surface area contributed by atoms with Crippen LogP contribution in [0, 0.1) is 10.1 Å². The van der Waals surface area contributed by atoms with E-state index in [0.29, 0.717) is 33.7 Å². The van der Waals surface area contributed by atoms with Gasteiger partial charge in [-0.1, -0.05) is 0 Å². The van der Waals surface area contributed by atoms with Crippen molar-refractivity contribution in [3.63, 3.8) is 0 Å². The lowest BCUT2D eigenvalue weighted by atomic mass is 10.2. The monoisotopic (exact) mass is 973 g/mol. The molecule has 66 heavy (non-hydrogen) atoms. The number of esters is 2. The van der Waals surface area contributed by atoms with E-state index in [9.17, 15) is 55.6 Å². The van der Waals surface area contributed by atoms with Crippen LogP contribution in [0.15, 0.2) is 95.0 Å². The first-order valence-corrected chi connectivity index (χ1v) is 20.9. The molecule has 0 bridgehead atoms. The summed E-state index contributed by atoms with van der Waals surface area (Å²) in [6.45, 7) is 3.97. The third-order valence-electron chi connectivity index (χ3n) is 7.69. The van der Waals surface area contributed by atoms with E-state index in [1.54, 1.807) is 34.1 Å². The number of carbonyl (C=O) groups is 4. The van der Waals surface area contributed by atoms with Crippen molar-refractivity contribution in [2.75, 3.05) is 49.0 Å². The van der Waals surface area contributed by atoms with Gasteiger partial charge < -0.3 is 38.6 Å². The van der Waals surface area contributed by atoms with Crippen LogP contribution in [0.2, 0.25) is 0 Å². The standard InChI is InChI=1S/C17H18F3N3O4S.C16H12F3NO5S.C7H11N3O2/c1-3-26-15(24)14-21-13(10-23(14)2)22-16(25)27-8-9-28-12-6-4-11(5-7-12)17(18,19)20;17-16(18,19)11-1-7-14(8-2-11)26-10-9-24-15(21)25-13-5-3-12(4-6-13)20(22)23;1-3-12-7(11)6-9-5(8)4-10(6)2/h4-7,10H,3,8-9H2,1-2H3,(H,22,25);1-8H,9-10H2;4H,3,8H2,1-2H3. The average molecular weight is 974 g/mol. The van der Waals surface area contributed by atoms with E-state index in [0.717, 1.165) is 24.3 Å². The summed E-state index contributed by atoms with van der Waals surface area (Å²) < 4.78 is 102. The number of non-ortho nitro benzene ring substituents is 1. The van der Waals surface area contributed by atoms with Gasteiger partial charge in [-0.15, -0.1) is 23.5 Å². The number of nitrogens with one attached hydrogen (secondary N) is 1. The third kappa shape index (κ3) is 18.3. The lowest BCUT2D eigenvalue weighted by Gasteiger charge is -2.08. The normalized spacial score (nSPS) is 10.9.